The molecule has 0 amide bonds. The van der Waals surface area contributed by atoms with Crippen molar-refractivity contribution in [1.29, 1.82) is 0 Å². The first-order chi connectivity index (χ1) is 13.1. The normalized spacial score (nSPS) is 33.9. The van der Waals surface area contributed by atoms with E-state index in [9.17, 15) is 8.42 Å². The second-order valence-corrected chi connectivity index (χ2v) is 10.8. The molecule has 0 spiro atoms. The lowest BCUT2D eigenvalue weighted by Crippen LogP contribution is -2.40. The fourth-order valence-electron chi connectivity index (χ4n) is 6.55. The van der Waals surface area contributed by atoms with E-state index in [0.717, 1.165) is 18.3 Å². The van der Waals surface area contributed by atoms with E-state index in [-0.39, 0.29) is 0 Å². The SMILES string of the molecule is CC(=C1CCC2C3CCc4cc(OS(N)(=O)=O)ccc4C3CCC12C)C(C)C. The second-order valence-electron chi connectivity index (χ2n) is 9.66. The lowest BCUT2D eigenvalue weighted by Gasteiger charge is -2.50. The zero-order valence-corrected chi connectivity index (χ0v) is 18.3. The molecule has 0 aliphatic heterocycles. The third-order valence-corrected chi connectivity index (χ3v) is 8.46. The maximum Gasteiger partial charge on any atom is 0.380 e. The second kappa shape index (κ2) is 6.88. The van der Waals surface area contributed by atoms with Gasteiger partial charge in [0.1, 0.15) is 5.75 Å². The molecule has 154 valence electrons. The van der Waals surface area contributed by atoms with Gasteiger partial charge in [-0.25, -0.2) is 0 Å². The van der Waals surface area contributed by atoms with Gasteiger partial charge in [0, 0.05) is 0 Å². The van der Waals surface area contributed by atoms with Crippen LogP contribution in [0, 0.1) is 23.2 Å². The van der Waals surface area contributed by atoms with Gasteiger partial charge < -0.3 is 4.18 Å². The number of hydrogen-bond donors (Lipinski definition) is 1. The van der Waals surface area contributed by atoms with Gasteiger partial charge in [0.05, 0.1) is 0 Å². The summed E-state index contributed by atoms with van der Waals surface area (Å²) in [5, 5.41) is 5.03. The van der Waals surface area contributed by atoms with Gasteiger partial charge >= 0.3 is 10.3 Å². The molecular formula is C23H33NO3S. The van der Waals surface area contributed by atoms with Gasteiger partial charge in [-0.05, 0) is 97.8 Å². The molecule has 4 atom stereocenters. The quantitative estimate of drug-likeness (QED) is 0.714. The summed E-state index contributed by atoms with van der Waals surface area (Å²) in [5.74, 6) is 3.05. The van der Waals surface area contributed by atoms with Crippen molar-refractivity contribution < 1.29 is 12.6 Å². The zero-order valence-electron chi connectivity index (χ0n) is 17.5. The smallest absolute Gasteiger partial charge is 0.371 e. The van der Waals surface area contributed by atoms with Crippen molar-refractivity contribution in [2.75, 3.05) is 0 Å². The van der Waals surface area contributed by atoms with Crippen molar-refractivity contribution in [3.63, 3.8) is 0 Å². The number of aryl methyl sites for hydroxylation is 1. The van der Waals surface area contributed by atoms with Gasteiger partial charge in [0.25, 0.3) is 0 Å². The highest BCUT2D eigenvalue weighted by Crippen LogP contribution is 2.63. The van der Waals surface area contributed by atoms with Crippen LogP contribution in [0.5, 0.6) is 5.75 Å². The topological polar surface area (TPSA) is 69.4 Å². The molecule has 28 heavy (non-hydrogen) atoms. The lowest BCUT2D eigenvalue weighted by molar-refractivity contribution is 0.0806. The van der Waals surface area contributed by atoms with Gasteiger partial charge in [-0.2, -0.15) is 13.6 Å². The summed E-state index contributed by atoms with van der Waals surface area (Å²) in [6.45, 7) is 9.52. The van der Waals surface area contributed by atoms with E-state index in [1.807, 2.05) is 6.07 Å². The first-order valence-corrected chi connectivity index (χ1v) is 12.1. The summed E-state index contributed by atoms with van der Waals surface area (Å²) in [6.07, 6.45) is 7.24. The van der Waals surface area contributed by atoms with Crippen LogP contribution in [0.4, 0.5) is 0 Å². The van der Waals surface area contributed by atoms with Crippen LogP contribution in [-0.4, -0.2) is 8.42 Å². The third-order valence-electron chi connectivity index (χ3n) is 8.04. The van der Waals surface area contributed by atoms with E-state index in [4.69, 9.17) is 9.32 Å². The predicted octanol–water partition coefficient (Wildman–Crippen LogP) is 5.10. The Morgan fingerprint density at radius 3 is 2.64 bits per heavy atom. The number of benzene rings is 1. The molecule has 2 N–H and O–H groups in total. The highest BCUT2D eigenvalue weighted by atomic mass is 32.2. The van der Waals surface area contributed by atoms with E-state index in [1.54, 1.807) is 17.2 Å². The molecule has 3 aliphatic rings. The molecule has 4 rings (SSSR count). The molecule has 2 saturated carbocycles. The summed E-state index contributed by atoms with van der Waals surface area (Å²) in [7, 11) is -3.97. The molecule has 0 saturated heterocycles. The molecule has 0 bridgehead atoms. The Labute approximate surface area is 169 Å². The Morgan fingerprint density at radius 1 is 1.21 bits per heavy atom. The molecular weight excluding hydrogens is 370 g/mol. The van der Waals surface area contributed by atoms with Crippen LogP contribution >= 0.6 is 0 Å². The Balaban J connectivity index is 1.63. The van der Waals surface area contributed by atoms with Crippen molar-refractivity contribution in [1.82, 2.24) is 0 Å². The minimum absolute atomic E-state index is 0.332. The molecule has 0 aromatic heterocycles. The molecule has 2 fully saturated rings. The van der Waals surface area contributed by atoms with Gasteiger partial charge in [0.2, 0.25) is 0 Å². The summed E-state index contributed by atoms with van der Waals surface area (Å²) < 4.78 is 27.4. The molecule has 0 radical (unpaired) electrons. The predicted molar refractivity (Wildman–Crippen MR) is 112 cm³/mol. The minimum Gasteiger partial charge on any atom is -0.371 e. The highest BCUT2D eigenvalue weighted by molar-refractivity contribution is 7.84. The van der Waals surface area contributed by atoms with E-state index < -0.39 is 10.3 Å². The Kier molecular flexibility index (Phi) is 4.90. The van der Waals surface area contributed by atoms with Gasteiger partial charge in [-0.1, -0.05) is 38.0 Å². The highest BCUT2D eigenvalue weighted by Gasteiger charge is 2.52. The van der Waals surface area contributed by atoms with Crippen molar-refractivity contribution in [3.8, 4) is 5.75 Å². The summed E-state index contributed by atoms with van der Waals surface area (Å²) in [6, 6.07) is 5.73. The molecule has 4 nitrogen and oxygen atoms in total. The van der Waals surface area contributed by atoms with Crippen LogP contribution in [0.1, 0.15) is 76.8 Å². The Bertz CT molecular complexity index is 918. The number of nitrogens with two attached hydrogens (primary N) is 1. The largest absolute Gasteiger partial charge is 0.380 e. The average molecular weight is 404 g/mol. The van der Waals surface area contributed by atoms with Gasteiger partial charge in [0.15, 0.2) is 0 Å². The number of hydrogen-bond acceptors (Lipinski definition) is 3. The van der Waals surface area contributed by atoms with Crippen LogP contribution < -0.4 is 9.32 Å². The number of fused-ring (bicyclic) bond motifs is 5. The average Bonchev–Trinajstić information content (AvgIpc) is 2.96. The van der Waals surface area contributed by atoms with Crippen LogP contribution in [-0.2, 0) is 16.7 Å². The first kappa shape index (κ1) is 20.0. The van der Waals surface area contributed by atoms with Crippen LogP contribution in [0.2, 0.25) is 0 Å². The molecule has 4 unspecified atom stereocenters. The van der Waals surface area contributed by atoms with E-state index in [1.165, 1.54) is 43.2 Å². The maximum atomic E-state index is 11.2. The van der Waals surface area contributed by atoms with Gasteiger partial charge in [-0.15, -0.1) is 0 Å². The monoisotopic (exact) mass is 403 g/mol. The number of rotatable bonds is 3. The molecule has 5 heteroatoms. The molecule has 0 heterocycles. The lowest BCUT2D eigenvalue weighted by atomic mass is 9.54. The summed E-state index contributed by atoms with van der Waals surface area (Å²) >= 11 is 0. The van der Waals surface area contributed by atoms with Crippen molar-refractivity contribution in [3.05, 3.63) is 40.5 Å². The zero-order chi connectivity index (χ0) is 20.3. The van der Waals surface area contributed by atoms with E-state index >= 15 is 0 Å². The minimum atomic E-state index is -3.97. The third kappa shape index (κ3) is 3.30. The van der Waals surface area contributed by atoms with Gasteiger partial charge in [-0.3, -0.25) is 0 Å². The summed E-state index contributed by atoms with van der Waals surface area (Å²) in [4.78, 5) is 0. The van der Waals surface area contributed by atoms with Crippen LogP contribution in [0.3, 0.4) is 0 Å². The Morgan fingerprint density at radius 2 is 1.96 bits per heavy atom. The van der Waals surface area contributed by atoms with E-state index in [2.05, 4.69) is 33.8 Å². The number of allylic oxidation sites excluding steroid dienone is 2. The summed E-state index contributed by atoms with van der Waals surface area (Å²) in [5.41, 5.74) is 6.36. The maximum absolute atomic E-state index is 11.2. The van der Waals surface area contributed by atoms with Crippen molar-refractivity contribution in [2.24, 2.45) is 28.3 Å². The first-order valence-electron chi connectivity index (χ1n) is 10.7. The fraction of sp³-hybridized carbons (Fsp3) is 0.652. The van der Waals surface area contributed by atoms with Crippen LogP contribution in [0.15, 0.2) is 29.3 Å². The van der Waals surface area contributed by atoms with Crippen molar-refractivity contribution >= 4 is 10.3 Å². The molecule has 1 aromatic rings. The van der Waals surface area contributed by atoms with E-state index in [0.29, 0.717) is 23.0 Å². The standard InChI is InChI=1S/C23H33NO3S/c1-14(2)15(3)21-9-10-22-20-7-5-16-13-17(27-28(24,25)26)6-8-18(16)19(20)11-12-23(21,22)4/h6,8,13-14,19-20,22H,5,7,9-12H2,1-4H3,(H2,24,25,26). The van der Waals surface area contributed by atoms with Crippen molar-refractivity contribution in [2.45, 2.75) is 72.1 Å². The fourth-order valence-corrected chi connectivity index (χ4v) is 6.93. The van der Waals surface area contributed by atoms with Crippen LogP contribution in [0.25, 0.3) is 0 Å². The molecule has 3 aliphatic carbocycles. The molecule has 1 aromatic carbocycles. The Hall–Kier alpha value is -1.33.